The molecule has 66 heavy (non-hydrogen) atoms. The Hall–Kier alpha value is -1.14. The average Bonchev–Trinajstić information content (AvgIpc) is 3.32. The van der Waals surface area contributed by atoms with E-state index in [2.05, 4.69) is 19.2 Å². The van der Waals surface area contributed by atoms with Crippen LogP contribution in [0.5, 0.6) is 0 Å². The van der Waals surface area contributed by atoms with Crippen molar-refractivity contribution in [3.63, 3.8) is 0 Å². The summed E-state index contributed by atoms with van der Waals surface area (Å²) in [6.45, 7) is 4.97. The van der Waals surface area contributed by atoms with Gasteiger partial charge in [0.2, 0.25) is 5.91 Å². The zero-order chi connectivity index (χ0) is 47.9. The highest BCUT2D eigenvalue weighted by atomic mass is 16.5. The maximum Gasteiger partial charge on any atom is 0.305 e. The summed E-state index contributed by atoms with van der Waals surface area (Å²) in [6.07, 6.45) is 65.4. The van der Waals surface area contributed by atoms with Crippen LogP contribution in [0.3, 0.4) is 0 Å². The summed E-state index contributed by atoms with van der Waals surface area (Å²) in [5.74, 6) is -0.0166. The fraction of sp³-hybridized carbons (Fsp3) is 0.967. The number of carbonyl (C=O) groups is 2. The summed E-state index contributed by atoms with van der Waals surface area (Å²) in [7, 11) is 0. The largest absolute Gasteiger partial charge is 0.466 e. The van der Waals surface area contributed by atoms with Crippen molar-refractivity contribution in [1.82, 2.24) is 5.32 Å². The van der Waals surface area contributed by atoms with E-state index in [1.807, 2.05) is 0 Å². The van der Waals surface area contributed by atoms with Crippen LogP contribution in [-0.4, -0.2) is 47.4 Å². The molecule has 394 valence electrons. The maximum atomic E-state index is 12.4. The Balaban J connectivity index is 3.33. The fourth-order valence-electron chi connectivity index (χ4n) is 9.76. The van der Waals surface area contributed by atoms with Gasteiger partial charge in [-0.05, 0) is 25.7 Å². The van der Waals surface area contributed by atoms with Gasteiger partial charge < -0.3 is 20.3 Å². The number of aliphatic hydroxyl groups excluding tert-OH is 2. The molecular weight excluding hydrogens is 815 g/mol. The van der Waals surface area contributed by atoms with Gasteiger partial charge in [0, 0.05) is 12.8 Å². The van der Waals surface area contributed by atoms with E-state index in [0.717, 1.165) is 38.5 Å². The second-order valence-corrected chi connectivity index (χ2v) is 21.1. The topological polar surface area (TPSA) is 95.9 Å². The molecule has 0 saturated carbocycles. The molecule has 2 unspecified atom stereocenters. The molecule has 0 aliphatic rings. The van der Waals surface area contributed by atoms with Crippen molar-refractivity contribution in [1.29, 1.82) is 0 Å². The maximum absolute atomic E-state index is 12.4. The number of hydrogen-bond donors (Lipinski definition) is 3. The summed E-state index contributed by atoms with van der Waals surface area (Å²) in [4.78, 5) is 24.5. The van der Waals surface area contributed by atoms with E-state index in [9.17, 15) is 19.8 Å². The molecule has 0 fully saturated rings. The van der Waals surface area contributed by atoms with Crippen LogP contribution in [0.25, 0.3) is 0 Å². The number of amides is 1. The first-order chi connectivity index (χ1) is 32.5. The van der Waals surface area contributed by atoms with Crippen molar-refractivity contribution in [2.24, 2.45) is 0 Å². The molecule has 0 aromatic carbocycles. The molecule has 0 heterocycles. The van der Waals surface area contributed by atoms with E-state index in [1.54, 1.807) is 0 Å². The Labute approximate surface area is 413 Å². The Morgan fingerprint density at radius 3 is 0.924 bits per heavy atom. The molecule has 0 aromatic heterocycles. The zero-order valence-electron chi connectivity index (χ0n) is 45.0. The summed E-state index contributed by atoms with van der Waals surface area (Å²) in [5.41, 5.74) is 0. The van der Waals surface area contributed by atoms with Crippen molar-refractivity contribution >= 4 is 11.9 Å². The first-order valence-corrected chi connectivity index (χ1v) is 30.3. The van der Waals surface area contributed by atoms with E-state index in [1.165, 1.54) is 276 Å². The average molecular weight is 935 g/mol. The molecule has 3 N–H and O–H groups in total. The van der Waals surface area contributed by atoms with Crippen LogP contribution in [-0.2, 0) is 14.3 Å². The van der Waals surface area contributed by atoms with E-state index < -0.39 is 12.1 Å². The van der Waals surface area contributed by atoms with Gasteiger partial charge >= 0.3 is 5.97 Å². The third-order valence-electron chi connectivity index (χ3n) is 14.4. The van der Waals surface area contributed by atoms with Gasteiger partial charge in [0.15, 0.2) is 0 Å². The number of nitrogens with one attached hydrogen (secondary N) is 1. The number of aliphatic hydroxyl groups is 2. The van der Waals surface area contributed by atoms with Gasteiger partial charge in [-0.3, -0.25) is 9.59 Å². The standard InChI is InChI=1S/C60H119NO5/c1-3-5-7-9-11-13-15-16-17-27-30-34-38-42-46-50-54-60(65)66-55-51-47-43-39-35-31-28-25-23-21-19-18-20-22-24-26-29-33-37-41-45-49-53-59(64)61-57(56-62)58(63)52-48-44-40-36-32-14-12-10-8-6-4-2/h57-58,62-63H,3-56H2,1-2H3,(H,61,64). The molecule has 0 aliphatic carbocycles. The Morgan fingerprint density at radius 1 is 0.364 bits per heavy atom. The fourth-order valence-corrected chi connectivity index (χ4v) is 9.76. The predicted molar refractivity (Wildman–Crippen MR) is 287 cm³/mol. The SMILES string of the molecule is CCCCCCCCCCCCCCCCCCC(=O)OCCCCCCCCCCCCCCCCCCCCCCCCC(=O)NC(CO)C(O)CCCCCCCCCCCCC. The van der Waals surface area contributed by atoms with Crippen LogP contribution < -0.4 is 5.32 Å². The molecule has 1 amide bonds. The van der Waals surface area contributed by atoms with Crippen molar-refractivity contribution in [3.05, 3.63) is 0 Å². The van der Waals surface area contributed by atoms with Crippen LogP contribution in [0, 0.1) is 0 Å². The number of ether oxygens (including phenoxy) is 1. The Kier molecular flexibility index (Phi) is 55.5. The molecule has 0 saturated heterocycles. The normalized spacial score (nSPS) is 12.5. The molecule has 0 bridgehead atoms. The van der Waals surface area contributed by atoms with Crippen molar-refractivity contribution < 1.29 is 24.5 Å². The van der Waals surface area contributed by atoms with Crippen molar-refractivity contribution in [2.45, 2.75) is 360 Å². The van der Waals surface area contributed by atoms with Gasteiger partial charge in [-0.2, -0.15) is 0 Å². The molecule has 6 nitrogen and oxygen atoms in total. The van der Waals surface area contributed by atoms with E-state index in [4.69, 9.17) is 4.74 Å². The zero-order valence-corrected chi connectivity index (χ0v) is 45.0. The molecule has 2 atom stereocenters. The minimum atomic E-state index is -0.661. The van der Waals surface area contributed by atoms with Crippen molar-refractivity contribution in [3.8, 4) is 0 Å². The summed E-state index contributed by atoms with van der Waals surface area (Å²) >= 11 is 0. The summed E-state index contributed by atoms with van der Waals surface area (Å²) in [6, 6.07) is -0.539. The molecule has 6 heteroatoms. The van der Waals surface area contributed by atoms with Gasteiger partial charge in [-0.25, -0.2) is 0 Å². The van der Waals surface area contributed by atoms with Crippen LogP contribution in [0.1, 0.15) is 348 Å². The first-order valence-electron chi connectivity index (χ1n) is 30.3. The molecular formula is C60H119NO5. The molecule has 0 spiro atoms. The van der Waals surface area contributed by atoms with Gasteiger partial charge in [0.1, 0.15) is 0 Å². The highest BCUT2D eigenvalue weighted by Gasteiger charge is 2.20. The smallest absolute Gasteiger partial charge is 0.305 e. The third-order valence-corrected chi connectivity index (χ3v) is 14.4. The molecule has 0 radical (unpaired) electrons. The lowest BCUT2D eigenvalue weighted by molar-refractivity contribution is -0.143. The third kappa shape index (κ3) is 52.2. The van der Waals surface area contributed by atoms with Gasteiger partial charge in [0.25, 0.3) is 0 Å². The highest BCUT2D eigenvalue weighted by Crippen LogP contribution is 2.18. The quantitative estimate of drug-likeness (QED) is 0.0417. The molecule has 0 rings (SSSR count). The number of hydrogen-bond acceptors (Lipinski definition) is 5. The molecule has 0 aromatic rings. The number of carbonyl (C=O) groups excluding carboxylic acids is 2. The second kappa shape index (κ2) is 56.4. The minimum absolute atomic E-state index is 0.0175. The van der Waals surface area contributed by atoms with Crippen LogP contribution >= 0.6 is 0 Å². The van der Waals surface area contributed by atoms with Crippen LogP contribution in [0.4, 0.5) is 0 Å². The Morgan fingerprint density at radius 2 is 0.621 bits per heavy atom. The number of unbranched alkanes of at least 4 members (excludes halogenated alkanes) is 46. The van der Waals surface area contributed by atoms with Gasteiger partial charge in [-0.15, -0.1) is 0 Å². The van der Waals surface area contributed by atoms with Crippen LogP contribution in [0.2, 0.25) is 0 Å². The summed E-state index contributed by atoms with van der Waals surface area (Å²) in [5, 5.41) is 23.2. The van der Waals surface area contributed by atoms with Gasteiger partial charge in [-0.1, -0.05) is 309 Å². The first kappa shape index (κ1) is 64.9. The van der Waals surface area contributed by atoms with E-state index in [0.29, 0.717) is 25.9 Å². The van der Waals surface area contributed by atoms with E-state index in [-0.39, 0.29) is 18.5 Å². The number of rotatable bonds is 57. The van der Waals surface area contributed by atoms with Gasteiger partial charge in [0.05, 0.1) is 25.4 Å². The monoisotopic (exact) mass is 934 g/mol. The summed E-state index contributed by atoms with van der Waals surface area (Å²) < 4.78 is 5.49. The van der Waals surface area contributed by atoms with E-state index >= 15 is 0 Å². The van der Waals surface area contributed by atoms with Crippen LogP contribution in [0.15, 0.2) is 0 Å². The predicted octanol–water partition coefficient (Wildman–Crippen LogP) is 18.7. The Bertz CT molecular complexity index is 944. The molecule has 0 aliphatic heterocycles. The lowest BCUT2D eigenvalue weighted by atomic mass is 10.0. The van der Waals surface area contributed by atoms with Crippen molar-refractivity contribution in [2.75, 3.05) is 13.2 Å². The highest BCUT2D eigenvalue weighted by molar-refractivity contribution is 5.76. The second-order valence-electron chi connectivity index (χ2n) is 21.1. The lowest BCUT2D eigenvalue weighted by Gasteiger charge is -2.22. The number of esters is 1. The minimum Gasteiger partial charge on any atom is -0.466 e. The lowest BCUT2D eigenvalue weighted by Crippen LogP contribution is -2.45.